The zero-order valence-corrected chi connectivity index (χ0v) is 13.7. The molecule has 23 heavy (non-hydrogen) atoms. The molecule has 1 aliphatic heterocycles. The van der Waals surface area contributed by atoms with Gasteiger partial charge in [-0.25, -0.2) is 0 Å². The number of hydrogen-bond donors (Lipinski definition) is 1. The van der Waals surface area contributed by atoms with Crippen molar-refractivity contribution in [3.8, 4) is 6.07 Å². The van der Waals surface area contributed by atoms with Crippen molar-refractivity contribution in [2.75, 3.05) is 13.1 Å². The Hall–Kier alpha value is -1.61. The van der Waals surface area contributed by atoms with Crippen LogP contribution in [0.4, 0.5) is 0 Å². The van der Waals surface area contributed by atoms with Gasteiger partial charge in [-0.3, -0.25) is 9.59 Å². The van der Waals surface area contributed by atoms with E-state index in [4.69, 9.17) is 10.00 Å². The van der Waals surface area contributed by atoms with E-state index in [2.05, 4.69) is 11.4 Å². The van der Waals surface area contributed by atoms with Gasteiger partial charge >= 0.3 is 5.97 Å². The fourth-order valence-corrected chi connectivity index (χ4v) is 4.59. The van der Waals surface area contributed by atoms with Gasteiger partial charge in [0.05, 0.1) is 12.6 Å². The van der Waals surface area contributed by atoms with Crippen molar-refractivity contribution in [1.29, 1.82) is 5.26 Å². The molecule has 0 radical (unpaired) electrons. The van der Waals surface area contributed by atoms with Crippen molar-refractivity contribution < 1.29 is 14.3 Å². The molecule has 2 unspecified atom stereocenters. The Bertz CT molecular complexity index is 502. The van der Waals surface area contributed by atoms with Crippen LogP contribution in [0.2, 0.25) is 0 Å². The standard InChI is InChI=1S/C17H25N3O3/c1-11(21)23-16-7-12-5-14(6-13(12)8-16)19-10-17(22)20-4-2-3-15(20)9-18/h12-16,19H,2-8,10H2,1H3/t12-,13+,14?,15-,16?/m0/s1. The first kappa shape index (κ1) is 16.3. The second kappa shape index (κ2) is 6.88. The lowest BCUT2D eigenvalue weighted by Crippen LogP contribution is -2.43. The van der Waals surface area contributed by atoms with Gasteiger partial charge < -0.3 is 15.0 Å². The van der Waals surface area contributed by atoms with Crippen LogP contribution in [0, 0.1) is 23.2 Å². The van der Waals surface area contributed by atoms with E-state index in [-0.39, 0.29) is 24.0 Å². The van der Waals surface area contributed by atoms with Crippen molar-refractivity contribution >= 4 is 11.9 Å². The Balaban J connectivity index is 1.41. The maximum atomic E-state index is 12.2. The maximum Gasteiger partial charge on any atom is 0.302 e. The predicted molar refractivity (Wildman–Crippen MR) is 83.1 cm³/mol. The first-order valence-corrected chi connectivity index (χ1v) is 8.66. The SMILES string of the molecule is CC(=O)OC1C[C@H]2CC(NCC(=O)N3CCC[C@H]3C#N)C[C@H]2C1. The van der Waals surface area contributed by atoms with Crippen LogP contribution >= 0.6 is 0 Å². The Morgan fingerprint density at radius 1 is 1.26 bits per heavy atom. The lowest BCUT2D eigenvalue weighted by Gasteiger charge is -2.21. The maximum absolute atomic E-state index is 12.2. The third kappa shape index (κ3) is 3.66. The monoisotopic (exact) mass is 319 g/mol. The van der Waals surface area contributed by atoms with E-state index in [1.807, 2.05) is 0 Å². The smallest absolute Gasteiger partial charge is 0.302 e. The van der Waals surface area contributed by atoms with E-state index in [9.17, 15) is 9.59 Å². The molecule has 2 saturated carbocycles. The summed E-state index contributed by atoms with van der Waals surface area (Å²) in [5.74, 6) is 1.06. The molecule has 0 aromatic rings. The normalized spacial score (nSPS) is 35.8. The second-order valence-corrected chi connectivity index (χ2v) is 7.15. The minimum Gasteiger partial charge on any atom is -0.463 e. The second-order valence-electron chi connectivity index (χ2n) is 7.15. The number of amides is 1. The third-order valence-corrected chi connectivity index (χ3v) is 5.57. The highest BCUT2D eigenvalue weighted by Crippen LogP contribution is 2.45. The highest BCUT2D eigenvalue weighted by Gasteiger charge is 2.43. The molecule has 6 heteroatoms. The lowest BCUT2D eigenvalue weighted by molar-refractivity contribution is -0.146. The molecule has 3 aliphatic rings. The minimum absolute atomic E-state index is 0.0453. The van der Waals surface area contributed by atoms with E-state index >= 15 is 0 Å². The van der Waals surface area contributed by atoms with Crippen LogP contribution in [0.5, 0.6) is 0 Å². The number of hydrogen-bond acceptors (Lipinski definition) is 5. The molecule has 1 saturated heterocycles. The molecular weight excluding hydrogens is 294 g/mol. The highest BCUT2D eigenvalue weighted by atomic mass is 16.5. The van der Waals surface area contributed by atoms with Gasteiger partial charge in [-0.1, -0.05) is 0 Å². The summed E-state index contributed by atoms with van der Waals surface area (Å²) < 4.78 is 5.32. The van der Waals surface area contributed by atoms with Crippen LogP contribution in [0.1, 0.15) is 45.4 Å². The number of nitrogens with one attached hydrogen (secondary N) is 1. The highest BCUT2D eigenvalue weighted by molar-refractivity contribution is 5.79. The Morgan fingerprint density at radius 2 is 1.96 bits per heavy atom. The lowest BCUT2D eigenvalue weighted by atomic mass is 10.0. The summed E-state index contributed by atoms with van der Waals surface area (Å²) in [4.78, 5) is 25.0. The van der Waals surface area contributed by atoms with Crippen molar-refractivity contribution in [2.45, 2.75) is 63.6 Å². The molecule has 2 aliphatic carbocycles. The number of carbonyl (C=O) groups is 2. The summed E-state index contributed by atoms with van der Waals surface area (Å²) in [6, 6.07) is 2.34. The fourth-order valence-electron chi connectivity index (χ4n) is 4.59. The van der Waals surface area contributed by atoms with Gasteiger partial charge in [-0.15, -0.1) is 0 Å². The van der Waals surface area contributed by atoms with Crippen LogP contribution < -0.4 is 5.32 Å². The molecule has 1 N–H and O–H groups in total. The summed E-state index contributed by atoms with van der Waals surface area (Å²) in [6.45, 7) is 2.51. The molecule has 3 fully saturated rings. The van der Waals surface area contributed by atoms with E-state index in [0.29, 0.717) is 31.0 Å². The van der Waals surface area contributed by atoms with Crippen molar-refractivity contribution in [1.82, 2.24) is 10.2 Å². The van der Waals surface area contributed by atoms with Gasteiger partial charge in [-0.2, -0.15) is 5.26 Å². The Kier molecular flexibility index (Phi) is 4.86. The molecule has 5 atom stereocenters. The number of fused-ring (bicyclic) bond motifs is 1. The zero-order valence-electron chi connectivity index (χ0n) is 13.7. The number of esters is 1. The van der Waals surface area contributed by atoms with Crippen LogP contribution in [-0.4, -0.2) is 48.1 Å². The predicted octanol–water partition coefficient (Wildman–Crippen LogP) is 1.21. The number of nitriles is 1. The Morgan fingerprint density at radius 3 is 2.57 bits per heavy atom. The zero-order chi connectivity index (χ0) is 16.4. The largest absolute Gasteiger partial charge is 0.463 e. The van der Waals surface area contributed by atoms with Gasteiger partial charge in [-0.05, 0) is 50.4 Å². The van der Waals surface area contributed by atoms with Gasteiger partial charge in [0.2, 0.25) is 5.91 Å². The van der Waals surface area contributed by atoms with Gasteiger partial charge in [0.1, 0.15) is 12.1 Å². The summed E-state index contributed by atoms with van der Waals surface area (Å²) >= 11 is 0. The molecule has 0 aromatic heterocycles. The molecule has 126 valence electrons. The molecule has 0 spiro atoms. The van der Waals surface area contributed by atoms with Crippen LogP contribution in [-0.2, 0) is 14.3 Å². The molecule has 0 aromatic carbocycles. The van der Waals surface area contributed by atoms with E-state index < -0.39 is 0 Å². The molecule has 3 rings (SSSR count). The first-order valence-electron chi connectivity index (χ1n) is 8.66. The number of carbonyl (C=O) groups excluding carboxylic acids is 2. The quantitative estimate of drug-likeness (QED) is 0.788. The van der Waals surface area contributed by atoms with E-state index in [1.54, 1.807) is 4.90 Å². The van der Waals surface area contributed by atoms with E-state index in [0.717, 1.165) is 38.5 Å². The molecule has 1 heterocycles. The van der Waals surface area contributed by atoms with Gasteiger partial charge in [0, 0.05) is 19.5 Å². The van der Waals surface area contributed by atoms with Crippen LogP contribution in [0.15, 0.2) is 0 Å². The topological polar surface area (TPSA) is 82.4 Å². The fraction of sp³-hybridized carbons (Fsp3) is 0.824. The summed E-state index contributed by atoms with van der Waals surface area (Å²) in [5.41, 5.74) is 0. The van der Waals surface area contributed by atoms with E-state index in [1.165, 1.54) is 6.92 Å². The van der Waals surface area contributed by atoms with Crippen LogP contribution in [0.3, 0.4) is 0 Å². The average molecular weight is 319 g/mol. The average Bonchev–Trinajstić information content (AvgIpc) is 3.17. The molecule has 1 amide bonds. The molecule has 6 nitrogen and oxygen atoms in total. The van der Waals surface area contributed by atoms with Gasteiger partial charge in [0.25, 0.3) is 0 Å². The number of nitrogens with zero attached hydrogens (tertiary/aromatic N) is 2. The van der Waals surface area contributed by atoms with Crippen LogP contribution in [0.25, 0.3) is 0 Å². The number of ether oxygens (including phenoxy) is 1. The van der Waals surface area contributed by atoms with Crippen molar-refractivity contribution in [2.24, 2.45) is 11.8 Å². The number of rotatable bonds is 4. The Labute approximate surface area is 137 Å². The number of likely N-dealkylation sites (tertiary alicyclic amines) is 1. The van der Waals surface area contributed by atoms with Gasteiger partial charge in [0.15, 0.2) is 0 Å². The van der Waals surface area contributed by atoms with Crippen molar-refractivity contribution in [3.63, 3.8) is 0 Å². The molecular formula is C17H25N3O3. The molecule has 0 bridgehead atoms. The third-order valence-electron chi connectivity index (χ3n) is 5.57. The summed E-state index contributed by atoms with van der Waals surface area (Å²) in [5, 5.41) is 12.4. The van der Waals surface area contributed by atoms with Crippen molar-refractivity contribution in [3.05, 3.63) is 0 Å². The summed E-state index contributed by atoms with van der Waals surface area (Å²) in [7, 11) is 0. The minimum atomic E-state index is -0.239. The summed E-state index contributed by atoms with van der Waals surface area (Å²) in [6.07, 6.45) is 5.83. The first-order chi connectivity index (χ1) is 11.1.